The quantitative estimate of drug-likeness (QED) is 0.356. The van der Waals surface area contributed by atoms with Crippen LogP contribution in [0.3, 0.4) is 0 Å². The Morgan fingerprint density at radius 1 is 1.30 bits per heavy atom. The molecule has 0 fully saturated rings. The van der Waals surface area contributed by atoms with Crippen molar-refractivity contribution >= 4 is 17.7 Å². The lowest BCUT2D eigenvalue weighted by molar-refractivity contribution is -0.135. The molecule has 6 heteroatoms. The van der Waals surface area contributed by atoms with Gasteiger partial charge in [0, 0.05) is 6.92 Å². The summed E-state index contributed by atoms with van der Waals surface area (Å²) in [6.45, 7) is 4.94. The summed E-state index contributed by atoms with van der Waals surface area (Å²) >= 11 is 0. The molecule has 6 nitrogen and oxygen atoms in total. The summed E-state index contributed by atoms with van der Waals surface area (Å²) in [4.78, 5) is 27.8. The number of oxime groups is 1. The SMILES string of the molecule is CCOC(=O)/C(=N\OC)c1c(C)cccc1OC(C)=O. The molecule has 0 unspecified atom stereocenters. The van der Waals surface area contributed by atoms with Gasteiger partial charge in [-0.25, -0.2) is 4.79 Å². The van der Waals surface area contributed by atoms with Crippen molar-refractivity contribution in [2.24, 2.45) is 5.16 Å². The molecule has 1 rings (SSSR count). The first-order valence-electron chi connectivity index (χ1n) is 6.07. The first kappa shape index (κ1) is 15.7. The minimum absolute atomic E-state index is 0.0382. The lowest BCUT2D eigenvalue weighted by Crippen LogP contribution is -2.21. The van der Waals surface area contributed by atoms with E-state index in [-0.39, 0.29) is 18.1 Å². The molecule has 0 atom stereocenters. The van der Waals surface area contributed by atoms with Crippen molar-refractivity contribution in [3.8, 4) is 5.75 Å². The molecule has 0 saturated heterocycles. The topological polar surface area (TPSA) is 74.2 Å². The van der Waals surface area contributed by atoms with E-state index in [0.717, 1.165) is 0 Å². The van der Waals surface area contributed by atoms with Crippen molar-refractivity contribution in [3.05, 3.63) is 29.3 Å². The molecule has 0 amide bonds. The van der Waals surface area contributed by atoms with E-state index in [4.69, 9.17) is 9.47 Å². The highest BCUT2D eigenvalue weighted by Gasteiger charge is 2.23. The molecule has 0 aromatic heterocycles. The molecule has 1 aromatic rings. The Balaban J connectivity index is 3.35. The van der Waals surface area contributed by atoms with Crippen LogP contribution in [0, 0.1) is 6.92 Å². The first-order chi connectivity index (χ1) is 9.51. The van der Waals surface area contributed by atoms with Crippen LogP contribution in [0.5, 0.6) is 5.75 Å². The minimum Gasteiger partial charge on any atom is -0.461 e. The Morgan fingerprint density at radius 2 is 2.00 bits per heavy atom. The molecule has 0 radical (unpaired) electrons. The zero-order chi connectivity index (χ0) is 15.1. The van der Waals surface area contributed by atoms with Gasteiger partial charge in [-0.2, -0.15) is 0 Å². The number of benzene rings is 1. The van der Waals surface area contributed by atoms with Crippen LogP contribution in [-0.2, 0) is 19.2 Å². The number of rotatable bonds is 5. The Morgan fingerprint density at radius 3 is 2.55 bits per heavy atom. The van der Waals surface area contributed by atoms with Crippen molar-refractivity contribution in [2.45, 2.75) is 20.8 Å². The summed E-state index contributed by atoms with van der Waals surface area (Å²) in [5.74, 6) is -0.893. The van der Waals surface area contributed by atoms with Gasteiger partial charge in [-0.05, 0) is 25.5 Å². The zero-order valence-electron chi connectivity index (χ0n) is 11.9. The van der Waals surface area contributed by atoms with Gasteiger partial charge in [0.05, 0.1) is 12.2 Å². The van der Waals surface area contributed by atoms with Crippen LogP contribution in [0.1, 0.15) is 25.0 Å². The Kier molecular flexibility index (Phi) is 5.71. The maximum Gasteiger partial charge on any atom is 0.361 e. The first-order valence-corrected chi connectivity index (χ1v) is 6.07. The van der Waals surface area contributed by atoms with Gasteiger partial charge in [0.2, 0.25) is 0 Å². The van der Waals surface area contributed by atoms with Crippen LogP contribution in [0.4, 0.5) is 0 Å². The van der Waals surface area contributed by atoms with Crippen molar-refractivity contribution in [1.82, 2.24) is 0 Å². The van der Waals surface area contributed by atoms with Gasteiger partial charge in [0.1, 0.15) is 12.9 Å². The number of carbonyl (C=O) groups excluding carboxylic acids is 2. The van der Waals surface area contributed by atoms with Crippen LogP contribution < -0.4 is 4.74 Å². The lowest BCUT2D eigenvalue weighted by atomic mass is 10.0. The van der Waals surface area contributed by atoms with Crippen LogP contribution in [0.15, 0.2) is 23.4 Å². The summed E-state index contributed by atoms with van der Waals surface area (Å²) < 4.78 is 10.0. The summed E-state index contributed by atoms with van der Waals surface area (Å²) in [5, 5.41) is 3.69. The fourth-order valence-electron chi connectivity index (χ4n) is 1.66. The molecular weight excluding hydrogens is 262 g/mol. The van der Waals surface area contributed by atoms with Gasteiger partial charge >= 0.3 is 11.9 Å². The van der Waals surface area contributed by atoms with Crippen LogP contribution in [-0.4, -0.2) is 31.4 Å². The summed E-state index contributed by atoms with van der Waals surface area (Å²) in [6.07, 6.45) is 0. The predicted octanol–water partition coefficient (Wildman–Crippen LogP) is 1.83. The van der Waals surface area contributed by atoms with Crippen LogP contribution >= 0.6 is 0 Å². The average Bonchev–Trinajstić information content (AvgIpc) is 2.37. The van der Waals surface area contributed by atoms with E-state index in [1.54, 1.807) is 32.0 Å². The fourth-order valence-corrected chi connectivity index (χ4v) is 1.66. The number of nitrogens with zero attached hydrogens (tertiary/aromatic N) is 1. The van der Waals surface area contributed by atoms with Crippen molar-refractivity contribution in [1.29, 1.82) is 0 Å². The monoisotopic (exact) mass is 279 g/mol. The number of hydrogen-bond acceptors (Lipinski definition) is 6. The summed E-state index contributed by atoms with van der Waals surface area (Å²) in [7, 11) is 1.32. The molecule has 0 saturated carbocycles. The molecule has 0 aliphatic carbocycles. The highest BCUT2D eigenvalue weighted by molar-refractivity contribution is 6.44. The van der Waals surface area contributed by atoms with E-state index in [2.05, 4.69) is 9.99 Å². The Bertz CT molecular complexity index is 536. The lowest BCUT2D eigenvalue weighted by Gasteiger charge is -2.12. The normalized spacial score (nSPS) is 10.9. The number of ether oxygens (including phenoxy) is 2. The third kappa shape index (κ3) is 3.81. The maximum absolute atomic E-state index is 12.0. The third-order valence-corrected chi connectivity index (χ3v) is 2.38. The van der Waals surface area contributed by atoms with Crippen LogP contribution in [0.2, 0.25) is 0 Å². The number of esters is 2. The van der Waals surface area contributed by atoms with E-state index in [9.17, 15) is 9.59 Å². The van der Waals surface area contributed by atoms with Gasteiger partial charge in [-0.3, -0.25) is 4.79 Å². The second-order valence-corrected chi connectivity index (χ2v) is 3.88. The molecular formula is C14H17NO5. The molecule has 1 aromatic carbocycles. The summed E-state index contributed by atoms with van der Waals surface area (Å²) in [5.41, 5.74) is 1.05. The molecule has 0 aliphatic heterocycles. The maximum atomic E-state index is 12.0. The van der Waals surface area contributed by atoms with E-state index in [1.807, 2.05) is 0 Å². The van der Waals surface area contributed by atoms with Gasteiger partial charge in [-0.1, -0.05) is 17.3 Å². The fraction of sp³-hybridized carbons (Fsp3) is 0.357. The molecule has 0 heterocycles. The van der Waals surface area contributed by atoms with Crippen LogP contribution in [0.25, 0.3) is 0 Å². The molecule has 0 N–H and O–H groups in total. The van der Waals surface area contributed by atoms with Crippen molar-refractivity contribution < 1.29 is 23.9 Å². The average molecular weight is 279 g/mol. The molecule has 0 bridgehead atoms. The number of hydrogen-bond donors (Lipinski definition) is 0. The Labute approximate surface area is 117 Å². The van der Waals surface area contributed by atoms with Crippen molar-refractivity contribution in [2.75, 3.05) is 13.7 Å². The highest BCUT2D eigenvalue weighted by Crippen LogP contribution is 2.24. The summed E-state index contributed by atoms with van der Waals surface area (Å²) in [6, 6.07) is 5.06. The van der Waals surface area contributed by atoms with E-state index < -0.39 is 11.9 Å². The van der Waals surface area contributed by atoms with Gasteiger partial charge in [0.15, 0.2) is 5.71 Å². The molecule has 0 spiro atoms. The molecule has 0 aliphatic rings. The predicted molar refractivity (Wildman–Crippen MR) is 72.7 cm³/mol. The van der Waals surface area contributed by atoms with E-state index >= 15 is 0 Å². The molecule has 20 heavy (non-hydrogen) atoms. The highest BCUT2D eigenvalue weighted by atomic mass is 16.6. The minimum atomic E-state index is -0.642. The van der Waals surface area contributed by atoms with E-state index in [0.29, 0.717) is 11.1 Å². The zero-order valence-corrected chi connectivity index (χ0v) is 11.9. The third-order valence-electron chi connectivity index (χ3n) is 2.38. The van der Waals surface area contributed by atoms with E-state index in [1.165, 1.54) is 14.0 Å². The second-order valence-electron chi connectivity index (χ2n) is 3.88. The van der Waals surface area contributed by atoms with Crippen molar-refractivity contribution in [3.63, 3.8) is 0 Å². The number of carbonyl (C=O) groups is 2. The van der Waals surface area contributed by atoms with Gasteiger partial charge in [0.25, 0.3) is 0 Å². The number of aryl methyl sites for hydroxylation is 1. The second kappa shape index (κ2) is 7.28. The van der Waals surface area contributed by atoms with Gasteiger partial charge < -0.3 is 14.3 Å². The Hall–Kier alpha value is -2.37. The van der Waals surface area contributed by atoms with Gasteiger partial charge in [-0.15, -0.1) is 0 Å². The largest absolute Gasteiger partial charge is 0.461 e. The smallest absolute Gasteiger partial charge is 0.361 e. The standard InChI is InChI=1S/C14H17NO5/c1-5-19-14(17)13(15-18-4)12-9(2)7-6-8-11(12)20-10(3)16/h6-8H,5H2,1-4H3/b15-13-. The molecule has 108 valence electrons.